The maximum absolute atomic E-state index is 7.73. The summed E-state index contributed by atoms with van der Waals surface area (Å²) in [7, 11) is -3.16. The first kappa shape index (κ1) is 26.2. The Morgan fingerprint density at radius 2 is 0.757 bits per heavy atom. The Labute approximate surface area is 225 Å². The summed E-state index contributed by atoms with van der Waals surface area (Å²) < 4.78 is 15.5. The van der Waals surface area contributed by atoms with E-state index in [1.54, 1.807) is 0 Å². The van der Waals surface area contributed by atoms with Gasteiger partial charge in [0.15, 0.2) is 0 Å². The Morgan fingerprint density at radius 1 is 0.486 bits per heavy atom. The first-order valence-electron chi connectivity index (χ1n) is 13.6. The molecule has 37 heavy (non-hydrogen) atoms. The fraction of sp³-hybridized carbons (Fsp3) is 0.412. The number of rotatable bonds is 4. The third-order valence-electron chi connectivity index (χ3n) is 10.8. The summed E-state index contributed by atoms with van der Waals surface area (Å²) in [6.07, 6.45) is -0.347. The van der Waals surface area contributed by atoms with E-state index in [0.717, 1.165) is 0 Å². The van der Waals surface area contributed by atoms with E-state index in [1.807, 2.05) is 0 Å². The highest BCUT2D eigenvalue weighted by Crippen LogP contribution is 2.74. The molecule has 2 aliphatic carbocycles. The highest BCUT2D eigenvalue weighted by atomic mass is 28.4. The first-order valence-corrected chi connectivity index (χ1v) is 15.4. The van der Waals surface area contributed by atoms with E-state index in [2.05, 4.69) is 130 Å². The van der Waals surface area contributed by atoms with Gasteiger partial charge in [0.1, 0.15) is 12.2 Å². The Balaban J connectivity index is 1.85. The van der Waals surface area contributed by atoms with Crippen LogP contribution in [0.5, 0.6) is 0 Å². The third kappa shape index (κ3) is 3.24. The van der Waals surface area contributed by atoms with Crippen LogP contribution in [-0.2, 0) is 8.85 Å². The second kappa shape index (κ2) is 8.79. The van der Waals surface area contributed by atoms with Crippen LogP contribution in [0, 0.1) is 0 Å². The van der Waals surface area contributed by atoms with Crippen LogP contribution in [0.25, 0.3) is 0 Å². The molecule has 0 N–H and O–H groups in total. The molecule has 0 aromatic heterocycles. The fourth-order valence-electron chi connectivity index (χ4n) is 7.43. The molecule has 194 valence electrons. The van der Waals surface area contributed by atoms with Crippen molar-refractivity contribution in [2.45, 2.75) is 91.5 Å². The average Bonchev–Trinajstić information content (AvgIpc) is 3.46. The smallest absolute Gasteiger partial charge is 0.368 e. The average molecular weight is 511 g/mol. The summed E-state index contributed by atoms with van der Waals surface area (Å²) in [6.45, 7) is 23.2. The molecule has 2 aromatic rings. The molecule has 2 nitrogen and oxygen atoms in total. The minimum Gasteiger partial charge on any atom is -0.382 e. The maximum atomic E-state index is 7.73. The molecule has 1 saturated heterocycles. The van der Waals surface area contributed by atoms with Gasteiger partial charge in [0.25, 0.3) is 0 Å². The van der Waals surface area contributed by atoms with Gasteiger partial charge in [-0.05, 0) is 103 Å². The molecule has 1 aliphatic heterocycles. The quantitative estimate of drug-likeness (QED) is 0.381. The van der Waals surface area contributed by atoms with Crippen molar-refractivity contribution in [2.24, 2.45) is 0 Å². The van der Waals surface area contributed by atoms with Gasteiger partial charge in [0, 0.05) is 0 Å². The molecule has 0 radical (unpaired) electrons. The van der Waals surface area contributed by atoms with Gasteiger partial charge in [0.05, 0.1) is 10.1 Å². The summed E-state index contributed by atoms with van der Waals surface area (Å²) in [6, 6.07) is 21.4. The Bertz CT molecular complexity index is 1220. The normalized spacial score (nSPS) is 26.6. The second-order valence-electron chi connectivity index (χ2n) is 11.8. The van der Waals surface area contributed by atoms with Gasteiger partial charge in [-0.1, -0.05) is 83.0 Å². The van der Waals surface area contributed by atoms with Crippen LogP contribution in [0.1, 0.15) is 92.6 Å². The van der Waals surface area contributed by atoms with Crippen LogP contribution in [-0.4, -0.2) is 8.56 Å². The number of hydrogen-bond donors (Lipinski definition) is 0. The number of benzene rings is 2. The molecular formula is C34H42O2Si. The Morgan fingerprint density at radius 3 is 1.03 bits per heavy atom. The lowest BCUT2D eigenvalue weighted by Crippen LogP contribution is -2.59. The van der Waals surface area contributed by atoms with Crippen LogP contribution in [0.2, 0.25) is 10.1 Å². The lowest BCUT2D eigenvalue weighted by atomic mass is 9.96. The Kier molecular flexibility index (Phi) is 6.22. The molecule has 0 amide bonds. The summed E-state index contributed by atoms with van der Waals surface area (Å²) in [5, 5.41) is -0.611. The summed E-state index contributed by atoms with van der Waals surface area (Å²) >= 11 is 0. The van der Waals surface area contributed by atoms with Crippen LogP contribution in [0.4, 0.5) is 0 Å². The first-order chi connectivity index (χ1) is 17.4. The predicted molar refractivity (Wildman–Crippen MR) is 157 cm³/mol. The molecule has 1 heterocycles. The maximum Gasteiger partial charge on any atom is 0.368 e. The van der Waals surface area contributed by atoms with Crippen molar-refractivity contribution >= 4 is 8.56 Å². The molecular weight excluding hydrogens is 468 g/mol. The highest BCUT2D eigenvalue weighted by Gasteiger charge is 2.75. The van der Waals surface area contributed by atoms with E-state index in [0.29, 0.717) is 0 Å². The lowest BCUT2D eigenvalue weighted by molar-refractivity contribution is 0.159. The number of allylic oxidation sites excluding steroid dienone is 8. The van der Waals surface area contributed by atoms with Gasteiger partial charge in [-0.3, -0.25) is 0 Å². The van der Waals surface area contributed by atoms with E-state index in [4.69, 9.17) is 8.85 Å². The Hall–Kier alpha value is -2.46. The minimum absolute atomic E-state index is 0.174. The van der Waals surface area contributed by atoms with Gasteiger partial charge in [0.2, 0.25) is 0 Å². The van der Waals surface area contributed by atoms with Crippen molar-refractivity contribution in [3.63, 3.8) is 0 Å². The van der Waals surface area contributed by atoms with E-state index in [9.17, 15) is 0 Å². The largest absolute Gasteiger partial charge is 0.382 e. The monoisotopic (exact) mass is 510 g/mol. The molecule has 0 bridgehead atoms. The molecule has 0 spiro atoms. The molecule has 5 rings (SSSR count). The SMILES string of the molecule is CC1=C(C)C(C)([Si]2(C3(C)C(C)=C(C)C(C)=C3C)O[C@@H](c3ccccc3)[C@H](c3ccccc3)O2)C(C)=C1C. The highest BCUT2D eigenvalue weighted by molar-refractivity contribution is 6.77. The van der Waals surface area contributed by atoms with Gasteiger partial charge in [-0.15, -0.1) is 0 Å². The third-order valence-corrected chi connectivity index (χ3v) is 16.1. The molecule has 2 aromatic carbocycles. The van der Waals surface area contributed by atoms with E-state index in [-0.39, 0.29) is 22.3 Å². The number of hydrogen-bond acceptors (Lipinski definition) is 2. The van der Waals surface area contributed by atoms with Crippen LogP contribution < -0.4 is 0 Å². The molecule has 1 fully saturated rings. The van der Waals surface area contributed by atoms with Gasteiger partial charge >= 0.3 is 8.56 Å². The summed E-state index contributed by atoms with van der Waals surface area (Å²) in [5.41, 5.74) is 13.5. The van der Waals surface area contributed by atoms with Crippen LogP contribution in [0.3, 0.4) is 0 Å². The second-order valence-corrected chi connectivity index (χ2v) is 15.5. The minimum atomic E-state index is -3.16. The molecule has 3 aliphatic rings. The topological polar surface area (TPSA) is 18.5 Å². The van der Waals surface area contributed by atoms with Crippen LogP contribution in [0.15, 0.2) is 105 Å². The van der Waals surface area contributed by atoms with Gasteiger partial charge < -0.3 is 8.85 Å². The summed E-state index contributed by atoms with van der Waals surface area (Å²) in [4.78, 5) is 0. The van der Waals surface area contributed by atoms with Crippen molar-refractivity contribution in [3.05, 3.63) is 116 Å². The fourth-order valence-corrected chi connectivity index (χ4v) is 13.4. The van der Waals surface area contributed by atoms with Gasteiger partial charge in [-0.25, -0.2) is 0 Å². The van der Waals surface area contributed by atoms with Crippen molar-refractivity contribution in [2.75, 3.05) is 0 Å². The van der Waals surface area contributed by atoms with Crippen molar-refractivity contribution in [1.29, 1.82) is 0 Å². The van der Waals surface area contributed by atoms with E-state index in [1.165, 1.54) is 55.7 Å². The molecule has 0 unspecified atom stereocenters. The van der Waals surface area contributed by atoms with E-state index >= 15 is 0 Å². The summed E-state index contributed by atoms with van der Waals surface area (Å²) in [5.74, 6) is 0. The van der Waals surface area contributed by atoms with Crippen molar-refractivity contribution in [3.8, 4) is 0 Å². The van der Waals surface area contributed by atoms with Gasteiger partial charge in [-0.2, -0.15) is 0 Å². The molecule has 0 saturated carbocycles. The van der Waals surface area contributed by atoms with Crippen molar-refractivity contribution < 1.29 is 8.85 Å². The standard InChI is InChI=1S/C34H42O2Si/c1-21-22(2)26(6)33(9,25(21)5)37(34(10)27(7)23(3)24(4)28(34)8)35-31(29-17-13-11-14-18-29)32(36-37)30-19-15-12-16-20-30/h11-20,31-32H,1-10H3/t31-,32-/m0/s1. The predicted octanol–water partition coefficient (Wildman–Crippen LogP) is 9.85. The zero-order valence-electron chi connectivity index (χ0n) is 24.2. The zero-order chi connectivity index (χ0) is 26.9. The molecule has 2 atom stereocenters. The van der Waals surface area contributed by atoms with Crippen molar-refractivity contribution in [1.82, 2.24) is 0 Å². The zero-order valence-corrected chi connectivity index (χ0v) is 25.2. The van der Waals surface area contributed by atoms with Crippen LogP contribution >= 0.6 is 0 Å². The lowest BCUT2D eigenvalue weighted by Gasteiger charge is -2.52. The molecule has 3 heteroatoms. The van der Waals surface area contributed by atoms with E-state index < -0.39 is 8.56 Å².